The quantitative estimate of drug-likeness (QED) is 0.529. The van der Waals surface area contributed by atoms with E-state index in [4.69, 9.17) is 0 Å². The van der Waals surface area contributed by atoms with Crippen molar-refractivity contribution in [1.29, 1.82) is 0 Å². The molecule has 1 fully saturated rings. The predicted molar refractivity (Wildman–Crippen MR) is 85.5 cm³/mol. The van der Waals surface area contributed by atoms with Crippen LogP contribution in [0, 0.1) is 23.7 Å². The number of fused-ring (bicyclic) bond motifs is 1. The summed E-state index contributed by atoms with van der Waals surface area (Å²) in [6.07, 6.45) is 9.52. The Morgan fingerprint density at radius 1 is 1.05 bits per heavy atom. The topological polar surface area (TPSA) is 0 Å². The van der Waals surface area contributed by atoms with E-state index < -0.39 is 6.17 Å². The first-order chi connectivity index (χ1) is 9.60. The third-order valence-corrected chi connectivity index (χ3v) is 5.70. The van der Waals surface area contributed by atoms with Gasteiger partial charge in [0.05, 0.1) is 0 Å². The van der Waals surface area contributed by atoms with Crippen LogP contribution in [0.1, 0.15) is 79.1 Å². The highest BCUT2D eigenvalue weighted by Crippen LogP contribution is 2.53. The van der Waals surface area contributed by atoms with Gasteiger partial charge in [-0.25, -0.2) is 4.39 Å². The molecule has 0 amide bonds. The summed E-state index contributed by atoms with van der Waals surface area (Å²) in [6.45, 7) is 8.65. The average molecular weight is 280 g/mol. The molecule has 2 aliphatic rings. The molecule has 0 heterocycles. The fourth-order valence-electron chi connectivity index (χ4n) is 4.32. The smallest absolute Gasteiger partial charge is 0.109 e. The summed E-state index contributed by atoms with van der Waals surface area (Å²) >= 11 is 0. The van der Waals surface area contributed by atoms with E-state index in [2.05, 4.69) is 13.8 Å². The third kappa shape index (κ3) is 3.46. The Balaban J connectivity index is 2.12. The number of halogens is 1. The summed E-state index contributed by atoms with van der Waals surface area (Å²) < 4.78 is 14.7. The molecule has 0 aliphatic heterocycles. The molecule has 0 saturated heterocycles. The zero-order valence-corrected chi connectivity index (χ0v) is 13.9. The van der Waals surface area contributed by atoms with E-state index in [0.29, 0.717) is 5.92 Å². The normalized spacial score (nSPS) is 33.0. The predicted octanol–water partition coefficient (Wildman–Crippen LogP) is 6.31. The maximum Gasteiger partial charge on any atom is 0.109 e. The third-order valence-electron chi connectivity index (χ3n) is 5.70. The van der Waals surface area contributed by atoms with Gasteiger partial charge >= 0.3 is 0 Å². The van der Waals surface area contributed by atoms with Crippen molar-refractivity contribution in [3.8, 4) is 0 Å². The standard InChI is InChI=1S/C19H33F/c1-5-14-9-7-8-10-16-15(6-2)18(16)17(12-11-14)19(20)13(3)4/h13-14,16-17,19H,5-12H2,1-4H3/t14?,16?,17-,19?/m0/s1. The van der Waals surface area contributed by atoms with Crippen molar-refractivity contribution in [2.75, 3.05) is 0 Å². The number of rotatable bonds is 4. The second-order valence-electron chi connectivity index (χ2n) is 7.32. The molecule has 0 radical (unpaired) electrons. The highest BCUT2D eigenvalue weighted by molar-refractivity contribution is 5.43. The molecule has 0 N–H and O–H groups in total. The Labute approximate surface area is 125 Å². The molecule has 0 aromatic heterocycles. The lowest BCUT2D eigenvalue weighted by Crippen LogP contribution is -2.23. The van der Waals surface area contributed by atoms with Gasteiger partial charge in [0.2, 0.25) is 0 Å². The van der Waals surface area contributed by atoms with Crippen LogP contribution in [0.5, 0.6) is 0 Å². The van der Waals surface area contributed by atoms with Crippen molar-refractivity contribution in [1.82, 2.24) is 0 Å². The van der Waals surface area contributed by atoms with Crippen LogP contribution in [0.25, 0.3) is 0 Å². The van der Waals surface area contributed by atoms with Crippen LogP contribution in [0.2, 0.25) is 0 Å². The summed E-state index contributed by atoms with van der Waals surface area (Å²) in [4.78, 5) is 0. The highest BCUT2D eigenvalue weighted by atomic mass is 19.1. The molecule has 0 aromatic carbocycles. The maximum absolute atomic E-state index is 14.7. The van der Waals surface area contributed by atoms with E-state index in [9.17, 15) is 4.39 Å². The van der Waals surface area contributed by atoms with E-state index in [-0.39, 0.29) is 11.8 Å². The molecular formula is C19H33F. The maximum atomic E-state index is 14.7. The number of alkyl halides is 1. The van der Waals surface area contributed by atoms with Gasteiger partial charge in [-0.2, -0.15) is 0 Å². The van der Waals surface area contributed by atoms with Gasteiger partial charge in [0.1, 0.15) is 6.17 Å². The fraction of sp³-hybridized carbons (Fsp3) is 0.895. The van der Waals surface area contributed by atoms with Gasteiger partial charge in [-0.15, -0.1) is 0 Å². The minimum absolute atomic E-state index is 0.162. The Morgan fingerprint density at radius 3 is 2.35 bits per heavy atom. The molecule has 0 spiro atoms. The summed E-state index contributed by atoms with van der Waals surface area (Å²) in [5, 5.41) is 0. The Morgan fingerprint density at radius 2 is 1.75 bits per heavy atom. The van der Waals surface area contributed by atoms with Gasteiger partial charge in [-0.05, 0) is 37.5 Å². The molecular weight excluding hydrogens is 247 g/mol. The van der Waals surface area contributed by atoms with Gasteiger partial charge in [-0.1, -0.05) is 64.5 Å². The van der Waals surface area contributed by atoms with Gasteiger partial charge in [0.25, 0.3) is 0 Å². The van der Waals surface area contributed by atoms with E-state index in [1.807, 2.05) is 13.8 Å². The molecule has 20 heavy (non-hydrogen) atoms. The first kappa shape index (κ1) is 16.0. The van der Waals surface area contributed by atoms with Crippen LogP contribution >= 0.6 is 0 Å². The minimum atomic E-state index is -0.631. The molecule has 116 valence electrons. The van der Waals surface area contributed by atoms with Crippen molar-refractivity contribution in [3.05, 3.63) is 11.1 Å². The second kappa shape index (κ2) is 7.09. The van der Waals surface area contributed by atoms with Crippen LogP contribution in [-0.4, -0.2) is 6.17 Å². The number of hydrogen-bond acceptors (Lipinski definition) is 0. The lowest BCUT2D eigenvalue weighted by molar-refractivity contribution is 0.172. The van der Waals surface area contributed by atoms with Crippen LogP contribution in [0.4, 0.5) is 4.39 Å². The average Bonchev–Trinajstić information content (AvgIpc) is 3.14. The largest absolute Gasteiger partial charge is 0.247 e. The van der Waals surface area contributed by atoms with Gasteiger partial charge in [0.15, 0.2) is 0 Å². The molecule has 3 unspecified atom stereocenters. The van der Waals surface area contributed by atoms with E-state index in [1.165, 1.54) is 38.5 Å². The summed E-state index contributed by atoms with van der Waals surface area (Å²) in [5.41, 5.74) is 3.17. The summed E-state index contributed by atoms with van der Waals surface area (Å²) in [7, 11) is 0. The lowest BCUT2D eigenvalue weighted by Gasteiger charge is -2.26. The first-order valence-electron chi connectivity index (χ1n) is 8.96. The lowest BCUT2D eigenvalue weighted by atomic mass is 9.81. The van der Waals surface area contributed by atoms with Gasteiger partial charge < -0.3 is 0 Å². The second-order valence-corrected chi connectivity index (χ2v) is 7.32. The molecule has 4 atom stereocenters. The van der Waals surface area contributed by atoms with E-state index in [1.54, 1.807) is 11.1 Å². The Hall–Kier alpha value is -0.330. The molecule has 0 aromatic rings. The van der Waals surface area contributed by atoms with Crippen LogP contribution in [-0.2, 0) is 0 Å². The van der Waals surface area contributed by atoms with Crippen LogP contribution < -0.4 is 0 Å². The number of hydrogen-bond donors (Lipinski definition) is 0. The fourth-order valence-corrected chi connectivity index (χ4v) is 4.32. The highest BCUT2D eigenvalue weighted by Gasteiger charge is 2.43. The van der Waals surface area contributed by atoms with Crippen LogP contribution in [0.15, 0.2) is 11.1 Å². The van der Waals surface area contributed by atoms with E-state index in [0.717, 1.165) is 18.8 Å². The summed E-state index contributed by atoms with van der Waals surface area (Å²) in [6, 6.07) is 0. The van der Waals surface area contributed by atoms with E-state index >= 15 is 0 Å². The SMILES string of the molecule is CCC1=C2C1CCCCC(CC)CC[C@@H]2C(F)C(C)C. The van der Waals surface area contributed by atoms with Crippen molar-refractivity contribution >= 4 is 0 Å². The molecule has 2 rings (SSSR count). The molecule has 2 aliphatic carbocycles. The zero-order valence-electron chi connectivity index (χ0n) is 13.9. The summed E-state index contributed by atoms with van der Waals surface area (Å²) in [5.74, 6) is 1.93. The minimum Gasteiger partial charge on any atom is -0.247 e. The van der Waals surface area contributed by atoms with Crippen molar-refractivity contribution in [3.63, 3.8) is 0 Å². The number of allylic oxidation sites excluding steroid dienone is 2. The Bertz CT molecular complexity index is 342. The molecule has 0 bridgehead atoms. The van der Waals surface area contributed by atoms with Gasteiger partial charge in [0, 0.05) is 11.8 Å². The van der Waals surface area contributed by atoms with Crippen molar-refractivity contribution in [2.45, 2.75) is 85.2 Å². The van der Waals surface area contributed by atoms with Crippen molar-refractivity contribution in [2.24, 2.45) is 23.7 Å². The zero-order chi connectivity index (χ0) is 14.7. The first-order valence-corrected chi connectivity index (χ1v) is 8.96. The van der Waals surface area contributed by atoms with Gasteiger partial charge in [-0.3, -0.25) is 0 Å². The molecule has 0 nitrogen and oxygen atoms in total. The van der Waals surface area contributed by atoms with Crippen LogP contribution in [0.3, 0.4) is 0 Å². The molecule has 1 saturated carbocycles. The monoisotopic (exact) mass is 280 g/mol. The van der Waals surface area contributed by atoms with Crippen molar-refractivity contribution < 1.29 is 4.39 Å². The molecule has 1 heteroatoms. The Kier molecular flexibility index (Phi) is 5.69.